The van der Waals surface area contributed by atoms with Crippen molar-refractivity contribution < 1.29 is 19.1 Å². The first kappa shape index (κ1) is 12.1. The topological polar surface area (TPSA) is 55.8 Å². The number of esters is 1. The number of hydrogen-bond acceptors (Lipinski definition) is 4. The van der Waals surface area contributed by atoms with Crippen molar-refractivity contribution in [2.75, 3.05) is 13.7 Å². The van der Waals surface area contributed by atoms with Crippen LogP contribution in [0.25, 0.3) is 0 Å². The summed E-state index contributed by atoms with van der Waals surface area (Å²) in [5.74, 6) is -0.654. The van der Waals surface area contributed by atoms with Crippen LogP contribution >= 0.6 is 0 Å². The van der Waals surface area contributed by atoms with Crippen LogP contribution in [0.4, 0.5) is 0 Å². The number of rotatable bonds is 1. The molecule has 0 aromatic heterocycles. The van der Waals surface area contributed by atoms with E-state index in [1.165, 1.54) is 18.1 Å². The normalized spacial score (nSPS) is 31.9. The van der Waals surface area contributed by atoms with Crippen molar-refractivity contribution in [1.29, 1.82) is 0 Å². The van der Waals surface area contributed by atoms with Gasteiger partial charge in [0.15, 0.2) is 5.54 Å². The van der Waals surface area contributed by atoms with E-state index in [1.54, 1.807) is 6.08 Å². The highest BCUT2D eigenvalue weighted by atomic mass is 16.6. The Balaban J connectivity index is 2.40. The van der Waals surface area contributed by atoms with E-state index in [0.29, 0.717) is 0 Å². The minimum atomic E-state index is -1.07. The maximum absolute atomic E-state index is 11.9. The number of carbonyl (C=O) groups excluding carboxylic acids is 2. The molecular formula is C12H17NO4. The lowest BCUT2D eigenvalue weighted by Crippen LogP contribution is -2.55. The standard InChI is InChI=1S/C12H17NO4/c1-11(2,3)9-13-8(14)5-6-12(13,7-17-9)10(15)16-4/h5-6,9H,7H2,1-4H3/t9-,12+/m1/s1. The molecular weight excluding hydrogens is 222 g/mol. The van der Waals surface area contributed by atoms with Gasteiger partial charge in [0.1, 0.15) is 6.23 Å². The number of ether oxygens (including phenoxy) is 2. The van der Waals surface area contributed by atoms with Crippen molar-refractivity contribution in [3.63, 3.8) is 0 Å². The van der Waals surface area contributed by atoms with E-state index in [-0.39, 0.29) is 17.9 Å². The highest BCUT2D eigenvalue weighted by molar-refractivity contribution is 6.00. The number of hydrogen-bond donors (Lipinski definition) is 0. The van der Waals surface area contributed by atoms with E-state index in [0.717, 1.165) is 0 Å². The van der Waals surface area contributed by atoms with Crippen molar-refractivity contribution in [3.05, 3.63) is 12.2 Å². The Labute approximate surface area is 100 Å². The fourth-order valence-corrected chi connectivity index (χ4v) is 2.33. The lowest BCUT2D eigenvalue weighted by Gasteiger charge is -2.36. The Hall–Kier alpha value is -1.36. The van der Waals surface area contributed by atoms with Crippen molar-refractivity contribution in [1.82, 2.24) is 4.90 Å². The van der Waals surface area contributed by atoms with Gasteiger partial charge in [0.25, 0.3) is 0 Å². The third-order valence-electron chi connectivity index (χ3n) is 3.14. The van der Waals surface area contributed by atoms with Gasteiger partial charge in [-0.1, -0.05) is 20.8 Å². The first-order valence-corrected chi connectivity index (χ1v) is 5.55. The summed E-state index contributed by atoms with van der Waals surface area (Å²) in [6.07, 6.45) is 2.58. The summed E-state index contributed by atoms with van der Waals surface area (Å²) in [7, 11) is 1.32. The third kappa shape index (κ3) is 1.57. The smallest absolute Gasteiger partial charge is 0.338 e. The quantitative estimate of drug-likeness (QED) is 0.632. The number of amides is 1. The Kier molecular flexibility index (Phi) is 2.54. The predicted octanol–water partition coefficient (Wildman–Crippen LogP) is 0.699. The van der Waals surface area contributed by atoms with Gasteiger partial charge < -0.3 is 9.47 Å². The van der Waals surface area contributed by atoms with Crippen LogP contribution in [0.3, 0.4) is 0 Å². The zero-order valence-corrected chi connectivity index (χ0v) is 10.5. The second kappa shape index (κ2) is 3.57. The summed E-state index contributed by atoms with van der Waals surface area (Å²) >= 11 is 0. The molecule has 0 saturated carbocycles. The van der Waals surface area contributed by atoms with E-state index in [2.05, 4.69) is 0 Å². The van der Waals surface area contributed by atoms with Gasteiger partial charge in [-0.15, -0.1) is 0 Å². The lowest BCUT2D eigenvalue weighted by molar-refractivity contribution is -0.156. The maximum Gasteiger partial charge on any atom is 0.338 e. The van der Waals surface area contributed by atoms with Gasteiger partial charge >= 0.3 is 5.97 Å². The van der Waals surface area contributed by atoms with Crippen LogP contribution in [-0.2, 0) is 19.1 Å². The monoisotopic (exact) mass is 239 g/mol. The summed E-state index contributed by atoms with van der Waals surface area (Å²) in [4.78, 5) is 25.3. The highest BCUT2D eigenvalue weighted by Crippen LogP contribution is 2.41. The van der Waals surface area contributed by atoms with Crippen LogP contribution in [0.15, 0.2) is 12.2 Å². The molecule has 94 valence electrons. The molecule has 2 atom stereocenters. The van der Waals surface area contributed by atoms with Crippen LogP contribution in [0, 0.1) is 5.41 Å². The van der Waals surface area contributed by atoms with Crippen molar-refractivity contribution >= 4 is 11.9 Å². The average Bonchev–Trinajstić information content (AvgIpc) is 2.76. The molecule has 2 aliphatic heterocycles. The summed E-state index contributed by atoms with van der Waals surface area (Å²) in [5.41, 5.74) is -1.32. The molecule has 0 N–H and O–H groups in total. The minimum absolute atomic E-state index is 0.157. The zero-order chi connectivity index (χ0) is 12.8. The molecule has 0 aromatic rings. The Bertz CT molecular complexity index is 396. The zero-order valence-electron chi connectivity index (χ0n) is 10.5. The molecule has 0 spiro atoms. The summed E-state index contributed by atoms with van der Waals surface area (Å²) in [5, 5.41) is 0. The van der Waals surface area contributed by atoms with Gasteiger partial charge in [-0.3, -0.25) is 9.69 Å². The molecule has 17 heavy (non-hydrogen) atoms. The summed E-state index contributed by atoms with van der Waals surface area (Å²) in [6, 6.07) is 0. The second-order valence-electron chi connectivity index (χ2n) is 5.49. The van der Waals surface area contributed by atoms with Gasteiger partial charge in [0.05, 0.1) is 13.7 Å². The molecule has 1 fully saturated rings. The number of fused-ring (bicyclic) bond motifs is 1. The third-order valence-corrected chi connectivity index (χ3v) is 3.14. The molecule has 2 aliphatic rings. The van der Waals surface area contributed by atoms with Crippen LogP contribution in [-0.4, -0.2) is 42.3 Å². The number of methoxy groups -OCH3 is 1. The lowest BCUT2D eigenvalue weighted by atomic mass is 9.92. The molecule has 5 heteroatoms. The molecule has 1 amide bonds. The van der Waals surface area contributed by atoms with E-state index in [4.69, 9.17) is 9.47 Å². The van der Waals surface area contributed by atoms with E-state index in [9.17, 15) is 9.59 Å². The fourth-order valence-electron chi connectivity index (χ4n) is 2.33. The largest absolute Gasteiger partial charge is 0.467 e. The van der Waals surface area contributed by atoms with Gasteiger partial charge in [-0.25, -0.2) is 4.79 Å². The Morgan fingerprint density at radius 3 is 2.76 bits per heavy atom. The molecule has 2 rings (SSSR count). The first-order chi connectivity index (χ1) is 7.83. The first-order valence-electron chi connectivity index (χ1n) is 5.55. The molecule has 5 nitrogen and oxygen atoms in total. The number of carbonyl (C=O) groups is 2. The van der Waals surface area contributed by atoms with E-state index in [1.807, 2.05) is 20.8 Å². The SMILES string of the molecule is COC(=O)[C@@]12C=CC(=O)N1[C@@H](C(C)(C)C)OC2. The fraction of sp³-hybridized carbons (Fsp3) is 0.667. The van der Waals surface area contributed by atoms with Crippen LogP contribution < -0.4 is 0 Å². The molecule has 0 bridgehead atoms. The van der Waals surface area contributed by atoms with Crippen LogP contribution in [0.5, 0.6) is 0 Å². The van der Waals surface area contributed by atoms with Crippen molar-refractivity contribution in [2.45, 2.75) is 32.5 Å². The van der Waals surface area contributed by atoms with Gasteiger partial charge in [-0.05, 0) is 6.08 Å². The maximum atomic E-state index is 11.9. The van der Waals surface area contributed by atoms with Crippen LogP contribution in [0.2, 0.25) is 0 Å². The summed E-state index contributed by atoms with van der Waals surface area (Å²) in [6.45, 7) is 6.06. The molecule has 0 aliphatic carbocycles. The van der Waals surface area contributed by atoms with Crippen molar-refractivity contribution in [3.8, 4) is 0 Å². The molecule has 0 aromatic carbocycles. The second-order valence-corrected chi connectivity index (χ2v) is 5.49. The van der Waals surface area contributed by atoms with Gasteiger partial charge in [0, 0.05) is 11.5 Å². The predicted molar refractivity (Wildman–Crippen MR) is 59.9 cm³/mol. The Morgan fingerprint density at radius 1 is 1.59 bits per heavy atom. The minimum Gasteiger partial charge on any atom is -0.467 e. The molecule has 1 saturated heterocycles. The molecule has 0 radical (unpaired) electrons. The molecule has 2 heterocycles. The average molecular weight is 239 g/mol. The Morgan fingerprint density at radius 2 is 2.24 bits per heavy atom. The summed E-state index contributed by atoms with van der Waals surface area (Å²) < 4.78 is 10.4. The highest BCUT2D eigenvalue weighted by Gasteiger charge is 2.59. The van der Waals surface area contributed by atoms with Crippen molar-refractivity contribution in [2.24, 2.45) is 5.41 Å². The van der Waals surface area contributed by atoms with Gasteiger partial charge in [-0.2, -0.15) is 0 Å². The van der Waals surface area contributed by atoms with Gasteiger partial charge in [0.2, 0.25) is 5.91 Å². The van der Waals surface area contributed by atoms with E-state index >= 15 is 0 Å². The number of nitrogens with zero attached hydrogens (tertiary/aromatic N) is 1. The van der Waals surface area contributed by atoms with Crippen LogP contribution in [0.1, 0.15) is 20.8 Å². The van der Waals surface area contributed by atoms with E-state index < -0.39 is 17.7 Å². The molecule has 0 unspecified atom stereocenters.